The predicted octanol–water partition coefficient (Wildman–Crippen LogP) is 2.04. The van der Waals surface area contributed by atoms with E-state index in [0.717, 1.165) is 6.08 Å². The van der Waals surface area contributed by atoms with Crippen molar-refractivity contribution in [3.8, 4) is 0 Å². The van der Waals surface area contributed by atoms with Gasteiger partial charge in [0.15, 0.2) is 0 Å². The fourth-order valence-electron chi connectivity index (χ4n) is 0.200. The van der Waals surface area contributed by atoms with Crippen LogP contribution >= 0.6 is 0 Å². The number of carbonyl (C=O) groups excluding carboxylic acids is 1. The molecule has 0 bridgehead atoms. The third-order valence-corrected chi connectivity index (χ3v) is 0.851. The van der Waals surface area contributed by atoms with Crippen molar-refractivity contribution in [2.75, 3.05) is 6.61 Å². The van der Waals surface area contributed by atoms with Crippen LogP contribution in [0.25, 0.3) is 0 Å². The first-order valence-electron chi connectivity index (χ1n) is 3.63. The number of rotatable bonds is 3. The number of hydrogen-bond donors (Lipinski definition) is 1. The van der Waals surface area contributed by atoms with E-state index in [0.29, 0.717) is 0 Å². The minimum Gasteiger partial charge on any atom is -0.458 e. The van der Waals surface area contributed by atoms with Crippen LogP contribution in [-0.2, 0) is 9.53 Å². The molecule has 0 aliphatic rings. The molecule has 0 atom stereocenters. The van der Waals surface area contributed by atoms with Gasteiger partial charge in [-0.2, -0.15) is 22.0 Å². The van der Waals surface area contributed by atoms with Crippen LogP contribution in [0.2, 0.25) is 0 Å². The van der Waals surface area contributed by atoms with Gasteiger partial charge in [-0.3, -0.25) is 0 Å². The summed E-state index contributed by atoms with van der Waals surface area (Å²) >= 11 is 0. The minimum atomic E-state index is -5.84. The highest BCUT2D eigenvalue weighted by molar-refractivity contribution is 5.81. The summed E-state index contributed by atoms with van der Waals surface area (Å²) < 4.78 is 57.5. The normalized spacial score (nSPS) is 10.9. The molecule has 1 N–H and O–H groups in total. The summed E-state index contributed by atoms with van der Waals surface area (Å²) in [6.45, 7) is 6.81. The standard InChI is InChI=1S/C6H8O2.C2HF5O/c1-3-5-8-6(7)4-2;3-1(4,5)2(6,7)8/h3-4H,1-2,5H2;8H. The highest BCUT2D eigenvalue weighted by atomic mass is 19.4. The molecule has 0 spiro atoms. The van der Waals surface area contributed by atoms with Crippen LogP contribution in [-0.4, -0.2) is 30.0 Å². The molecule has 0 aliphatic heterocycles. The molecule has 3 nitrogen and oxygen atoms in total. The molecule has 0 aromatic heterocycles. The van der Waals surface area contributed by atoms with Gasteiger partial charge in [-0.15, -0.1) is 0 Å². The Morgan fingerprint density at radius 1 is 1.25 bits per heavy atom. The zero-order valence-corrected chi connectivity index (χ0v) is 7.93. The second-order valence-corrected chi connectivity index (χ2v) is 2.16. The Hall–Kier alpha value is -1.44. The molecule has 0 aliphatic carbocycles. The first-order valence-corrected chi connectivity index (χ1v) is 3.63. The summed E-state index contributed by atoms with van der Waals surface area (Å²) in [7, 11) is 0. The maximum atomic E-state index is 10.7. The zero-order valence-electron chi connectivity index (χ0n) is 7.93. The Labute approximate surface area is 87.8 Å². The fourth-order valence-corrected chi connectivity index (χ4v) is 0.200. The van der Waals surface area contributed by atoms with Crippen molar-refractivity contribution in [1.82, 2.24) is 0 Å². The average molecular weight is 248 g/mol. The number of alkyl halides is 5. The lowest BCUT2D eigenvalue weighted by Crippen LogP contribution is -2.35. The van der Waals surface area contributed by atoms with Crippen LogP contribution < -0.4 is 0 Å². The van der Waals surface area contributed by atoms with E-state index in [2.05, 4.69) is 17.9 Å². The first-order chi connectivity index (χ1) is 7.06. The first kappa shape index (κ1) is 17.0. The summed E-state index contributed by atoms with van der Waals surface area (Å²) in [6, 6.07) is 0. The van der Waals surface area contributed by atoms with Gasteiger partial charge < -0.3 is 9.84 Å². The van der Waals surface area contributed by atoms with E-state index in [1.807, 2.05) is 0 Å². The quantitative estimate of drug-likeness (QED) is 0.360. The molecule has 16 heavy (non-hydrogen) atoms. The molecule has 0 heterocycles. The average Bonchev–Trinajstić information content (AvgIpc) is 2.12. The summed E-state index contributed by atoms with van der Waals surface area (Å²) in [5.41, 5.74) is 0. The van der Waals surface area contributed by atoms with Gasteiger partial charge in [0.2, 0.25) is 0 Å². The Morgan fingerprint density at radius 3 is 1.81 bits per heavy atom. The monoisotopic (exact) mass is 248 g/mol. The molecule has 0 aromatic carbocycles. The Kier molecular flexibility index (Phi) is 7.36. The largest absolute Gasteiger partial charge is 0.482 e. The second-order valence-electron chi connectivity index (χ2n) is 2.16. The lowest BCUT2D eigenvalue weighted by molar-refractivity contribution is -0.374. The molecular weight excluding hydrogens is 239 g/mol. The van der Waals surface area contributed by atoms with Crippen molar-refractivity contribution in [1.29, 1.82) is 0 Å². The number of esters is 1. The van der Waals surface area contributed by atoms with Crippen LogP contribution in [0.3, 0.4) is 0 Å². The van der Waals surface area contributed by atoms with Crippen molar-refractivity contribution >= 4 is 5.97 Å². The summed E-state index contributed by atoms with van der Waals surface area (Å²) in [4.78, 5) is 10.2. The molecule has 0 aromatic rings. The van der Waals surface area contributed by atoms with E-state index in [4.69, 9.17) is 5.11 Å². The van der Waals surface area contributed by atoms with E-state index in [1.54, 1.807) is 0 Å². The van der Waals surface area contributed by atoms with Crippen molar-refractivity contribution in [3.05, 3.63) is 25.3 Å². The highest BCUT2D eigenvalue weighted by Gasteiger charge is 2.56. The highest BCUT2D eigenvalue weighted by Crippen LogP contribution is 2.32. The number of aliphatic hydroxyl groups is 1. The molecule has 0 rings (SSSR count). The maximum absolute atomic E-state index is 10.7. The smallest absolute Gasteiger partial charge is 0.458 e. The second kappa shape index (κ2) is 6.94. The molecule has 0 unspecified atom stereocenters. The Morgan fingerprint density at radius 2 is 1.62 bits per heavy atom. The third kappa shape index (κ3) is 9.13. The lowest BCUT2D eigenvalue weighted by atomic mass is 10.6. The fraction of sp³-hybridized carbons (Fsp3) is 0.375. The number of ether oxygens (including phenoxy) is 1. The molecule has 0 saturated heterocycles. The van der Waals surface area contributed by atoms with Crippen LogP contribution in [0.1, 0.15) is 0 Å². The van der Waals surface area contributed by atoms with Crippen LogP contribution in [0, 0.1) is 0 Å². The summed E-state index contributed by atoms with van der Waals surface area (Å²) in [6.07, 6.45) is -8.79. The van der Waals surface area contributed by atoms with Gasteiger partial charge in [0, 0.05) is 6.08 Å². The molecule has 0 amide bonds. The summed E-state index contributed by atoms with van der Waals surface area (Å²) in [5.74, 6) is -0.412. The van der Waals surface area contributed by atoms with Gasteiger partial charge in [-0.1, -0.05) is 19.2 Å². The van der Waals surface area contributed by atoms with E-state index in [9.17, 15) is 26.7 Å². The van der Waals surface area contributed by atoms with Crippen LogP contribution in [0.4, 0.5) is 22.0 Å². The third-order valence-electron chi connectivity index (χ3n) is 0.851. The minimum absolute atomic E-state index is 0.255. The van der Waals surface area contributed by atoms with Gasteiger partial charge in [0.25, 0.3) is 0 Å². The predicted molar refractivity (Wildman–Crippen MR) is 44.6 cm³/mol. The van der Waals surface area contributed by atoms with Gasteiger partial charge in [-0.25, -0.2) is 4.79 Å². The topological polar surface area (TPSA) is 46.5 Å². The summed E-state index contributed by atoms with van der Waals surface area (Å²) in [5, 5.41) is 6.90. The van der Waals surface area contributed by atoms with Gasteiger partial charge >= 0.3 is 18.3 Å². The van der Waals surface area contributed by atoms with Crippen molar-refractivity contribution < 1.29 is 36.6 Å². The molecule has 0 saturated carbocycles. The van der Waals surface area contributed by atoms with Crippen molar-refractivity contribution in [2.45, 2.75) is 12.3 Å². The van der Waals surface area contributed by atoms with Gasteiger partial charge in [-0.05, 0) is 0 Å². The molecule has 94 valence electrons. The van der Waals surface area contributed by atoms with Crippen molar-refractivity contribution in [3.63, 3.8) is 0 Å². The van der Waals surface area contributed by atoms with E-state index in [-0.39, 0.29) is 6.61 Å². The number of hydrogen-bond acceptors (Lipinski definition) is 3. The Balaban J connectivity index is 0. The van der Waals surface area contributed by atoms with E-state index >= 15 is 0 Å². The molecular formula is C8H9F5O3. The van der Waals surface area contributed by atoms with Gasteiger partial charge in [0.05, 0.1) is 0 Å². The van der Waals surface area contributed by atoms with Crippen molar-refractivity contribution in [2.24, 2.45) is 0 Å². The Bertz CT molecular complexity index is 229. The zero-order chi connectivity index (χ0) is 13.4. The van der Waals surface area contributed by atoms with Crippen LogP contribution in [0.15, 0.2) is 25.3 Å². The molecule has 8 heteroatoms. The van der Waals surface area contributed by atoms with E-state index < -0.39 is 18.3 Å². The lowest BCUT2D eigenvalue weighted by Gasteiger charge is -2.10. The SMILES string of the molecule is C=CCOC(=O)C=C.OC(F)(F)C(F)(F)F. The molecule has 0 fully saturated rings. The van der Waals surface area contributed by atoms with Gasteiger partial charge in [0.1, 0.15) is 6.61 Å². The maximum Gasteiger partial charge on any atom is 0.482 e. The van der Waals surface area contributed by atoms with E-state index in [1.165, 1.54) is 6.08 Å². The number of halogens is 5. The molecule has 0 radical (unpaired) electrons. The van der Waals surface area contributed by atoms with Crippen LogP contribution in [0.5, 0.6) is 0 Å². The number of carbonyl (C=O) groups is 1.